The number of allylic oxidation sites excluding steroid dienone is 1. The lowest BCUT2D eigenvalue weighted by Crippen LogP contribution is -2.13. The van der Waals surface area contributed by atoms with E-state index in [-0.39, 0.29) is 36.1 Å². The average Bonchev–Trinajstić information content (AvgIpc) is 3.03. The van der Waals surface area contributed by atoms with Gasteiger partial charge in [0, 0.05) is 30.1 Å². The van der Waals surface area contributed by atoms with Gasteiger partial charge in [-0.3, -0.25) is 0 Å². The number of hydrogen-bond acceptors (Lipinski definition) is 5. The first-order valence-corrected chi connectivity index (χ1v) is 7.66. The molecule has 1 aliphatic heterocycles. The van der Waals surface area contributed by atoms with Crippen molar-refractivity contribution in [3.63, 3.8) is 0 Å². The molecule has 136 valence electrons. The van der Waals surface area contributed by atoms with Gasteiger partial charge in [-0.25, -0.2) is 9.98 Å². The SMILES string of the molecule is CC(C)(C)CCNc1nc(O)c(C=C2C=Nc3ncccc32)[nH]1.Cl.Cl. The summed E-state index contributed by atoms with van der Waals surface area (Å²) in [5, 5.41) is 13.2. The van der Waals surface area contributed by atoms with Gasteiger partial charge in [-0.05, 0) is 30.0 Å². The largest absolute Gasteiger partial charge is 0.492 e. The Balaban J connectivity index is 0.00000156. The van der Waals surface area contributed by atoms with E-state index in [9.17, 15) is 5.11 Å². The number of imidazole rings is 1. The second-order valence-corrected chi connectivity index (χ2v) is 6.79. The molecular weight excluding hydrogens is 361 g/mol. The van der Waals surface area contributed by atoms with Crippen molar-refractivity contribution in [1.82, 2.24) is 15.0 Å². The van der Waals surface area contributed by atoms with Crippen LogP contribution < -0.4 is 5.32 Å². The molecule has 6 nitrogen and oxygen atoms in total. The Labute approximate surface area is 159 Å². The second-order valence-electron chi connectivity index (χ2n) is 6.79. The summed E-state index contributed by atoms with van der Waals surface area (Å²) in [4.78, 5) is 15.7. The summed E-state index contributed by atoms with van der Waals surface area (Å²) in [6.07, 6.45) is 6.29. The second kappa shape index (κ2) is 8.36. The number of halogens is 2. The van der Waals surface area contributed by atoms with Gasteiger partial charge in [0.25, 0.3) is 0 Å². The predicted molar refractivity (Wildman–Crippen MR) is 108 cm³/mol. The van der Waals surface area contributed by atoms with E-state index in [1.54, 1.807) is 12.4 Å². The molecule has 0 radical (unpaired) electrons. The van der Waals surface area contributed by atoms with Crippen molar-refractivity contribution in [2.24, 2.45) is 10.4 Å². The molecule has 0 unspecified atom stereocenters. The topological polar surface area (TPSA) is 86.2 Å². The minimum absolute atomic E-state index is 0. The summed E-state index contributed by atoms with van der Waals surface area (Å²) in [5.74, 6) is 1.24. The van der Waals surface area contributed by atoms with Crippen LogP contribution in [0.3, 0.4) is 0 Å². The van der Waals surface area contributed by atoms with Crippen molar-refractivity contribution in [3.8, 4) is 5.88 Å². The summed E-state index contributed by atoms with van der Waals surface area (Å²) in [7, 11) is 0. The Kier molecular flexibility index (Phi) is 7.02. The van der Waals surface area contributed by atoms with Gasteiger partial charge in [0.1, 0.15) is 5.69 Å². The van der Waals surface area contributed by atoms with Crippen LogP contribution in [0.25, 0.3) is 11.6 Å². The molecule has 0 bridgehead atoms. The maximum absolute atomic E-state index is 10.0. The number of hydrogen-bond donors (Lipinski definition) is 3. The molecule has 1 aliphatic rings. The smallest absolute Gasteiger partial charge is 0.238 e. The van der Waals surface area contributed by atoms with Crippen LogP contribution in [0.15, 0.2) is 23.3 Å². The number of aromatic hydroxyl groups is 1. The van der Waals surface area contributed by atoms with Gasteiger partial charge < -0.3 is 15.4 Å². The van der Waals surface area contributed by atoms with Crippen LogP contribution in [0.4, 0.5) is 11.8 Å². The molecule has 2 aromatic rings. The van der Waals surface area contributed by atoms with E-state index in [4.69, 9.17) is 0 Å². The van der Waals surface area contributed by atoms with Crippen molar-refractivity contribution in [1.29, 1.82) is 0 Å². The fourth-order valence-electron chi connectivity index (χ4n) is 2.31. The van der Waals surface area contributed by atoms with E-state index >= 15 is 0 Å². The number of H-pyrrole nitrogens is 1. The van der Waals surface area contributed by atoms with Gasteiger partial charge >= 0.3 is 0 Å². The molecular formula is C17H23Cl2N5O. The fourth-order valence-corrected chi connectivity index (χ4v) is 2.31. The summed E-state index contributed by atoms with van der Waals surface area (Å²) < 4.78 is 0. The molecule has 0 spiro atoms. The third-order valence-corrected chi connectivity index (χ3v) is 3.60. The number of aromatic nitrogens is 3. The molecule has 3 rings (SSSR count). The van der Waals surface area contributed by atoms with Crippen molar-refractivity contribution in [2.75, 3.05) is 11.9 Å². The fraction of sp³-hybridized carbons (Fsp3) is 0.353. The Morgan fingerprint density at radius 3 is 2.76 bits per heavy atom. The van der Waals surface area contributed by atoms with Gasteiger partial charge in [0.05, 0.1) is 0 Å². The van der Waals surface area contributed by atoms with Crippen LogP contribution in [0.2, 0.25) is 0 Å². The van der Waals surface area contributed by atoms with E-state index in [1.807, 2.05) is 18.2 Å². The Morgan fingerprint density at radius 1 is 1.28 bits per heavy atom. The first-order chi connectivity index (χ1) is 10.9. The molecule has 2 aromatic heterocycles. The van der Waals surface area contributed by atoms with Crippen LogP contribution in [0.1, 0.15) is 38.4 Å². The molecule has 0 aromatic carbocycles. The zero-order valence-electron chi connectivity index (χ0n) is 14.4. The summed E-state index contributed by atoms with van der Waals surface area (Å²) >= 11 is 0. The van der Waals surface area contributed by atoms with Gasteiger partial charge in [-0.15, -0.1) is 24.8 Å². The van der Waals surface area contributed by atoms with Crippen molar-refractivity contribution >= 4 is 54.4 Å². The number of aliphatic imine (C=N–C) groups is 1. The predicted octanol–water partition coefficient (Wildman–Crippen LogP) is 4.46. The van der Waals surface area contributed by atoms with Crippen LogP contribution in [0, 0.1) is 5.41 Å². The van der Waals surface area contributed by atoms with Gasteiger partial charge in [0.2, 0.25) is 11.8 Å². The van der Waals surface area contributed by atoms with Crippen molar-refractivity contribution < 1.29 is 5.11 Å². The van der Waals surface area contributed by atoms with Gasteiger partial charge in [-0.1, -0.05) is 20.8 Å². The first-order valence-electron chi connectivity index (χ1n) is 7.66. The lowest BCUT2D eigenvalue weighted by molar-refractivity contribution is 0.389. The highest BCUT2D eigenvalue weighted by Crippen LogP contribution is 2.31. The summed E-state index contributed by atoms with van der Waals surface area (Å²) in [6, 6.07) is 3.82. The van der Waals surface area contributed by atoms with Gasteiger partial charge in [-0.2, -0.15) is 4.98 Å². The Bertz CT molecular complexity index is 778. The molecule has 3 N–H and O–H groups in total. The molecule has 0 saturated heterocycles. The van der Waals surface area contributed by atoms with Crippen LogP contribution in [0.5, 0.6) is 5.88 Å². The molecule has 0 atom stereocenters. The molecule has 0 saturated carbocycles. The molecule has 25 heavy (non-hydrogen) atoms. The quantitative estimate of drug-likeness (QED) is 0.727. The highest BCUT2D eigenvalue weighted by Gasteiger charge is 2.15. The zero-order valence-corrected chi connectivity index (χ0v) is 16.0. The number of pyridine rings is 1. The van der Waals surface area contributed by atoms with Crippen LogP contribution in [-0.4, -0.2) is 32.8 Å². The number of anilines is 1. The molecule has 0 amide bonds. The van der Waals surface area contributed by atoms with Crippen LogP contribution in [-0.2, 0) is 0 Å². The highest BCUT2D eigenvalue weighted by molar-refractivity contribution is 6.20. The normalized spacial score (nSPS) is 14.0. The summed E-state index contributed by atoms with van der Waals surface area (Å²) in [6.45, 7) is 7.36. The van der Waals surface area contributed by atoms with Gasteiger partial charge in [0.15, 0.2) is 5.82 Å². The number of nitrogens with one attached hydrogen (secondary N) is 2. The first kappa shape index (κ1) is 21.0. The zero-order chi connectivity index (χ0) is 16.4. The lowest BCUT2D eigenvalue weighted by Gasteiger charge is -2.17. The minimum Gasteiger partial charge on any atom is -0.492 e. The van der Waals surface area contributed by atoms with Crippen LogP contribution >= 0.6 is 24.8 Å². The highest BCUT2D eigenvalue weighted by atomic mass is 35.5. The molecule has 8 heteroatoms. The maximum Gasteiger partial charge on any atom is 0.238 e. The molecule has 0 aliphatic carbocycles. The van der Waals surface area contributed by atoms with E-state index in [1.165, 1.54) is 0 Å². The maximum atomic E-state index is 10.0. The lowest BCUT2D eigenvalue weighted by atomic mass is 9.92. The third kappa shape index (κ3) is 5.21. The molecule has 0 fully saturated rings. The number of aromatic amines is 1. The van der Waals surface area contributed by atoms with E-state index < -0.39 is 0 Å². The van der Waals surface area contributed by atoms with E-state index in [2.05, 4.69) is 46.0 Å². The summed E-state index contributed by atoms with van der Waals surface area (Å²) in [5.41, 5.74) is 2.65. The van der Waals surface area contributed by atoms with Crippen molar-refractivity contribution in [2.45, 2.75) is 27.2 Å². The van der Waals surface area contributed by atoms with E-state index in [0.717, 1.165) is 24.1 Å². The Morgan fingerprint density at radius 2 is 2.04 bits per heavy atom. The minimum atomic E-state index is -0.0264. The Hall–Kier alpha value is -2.05. The average molecular weight is 384 g/mol. The van der Waals surface area contributed by atoms with E-state index in [0.29, 0.717) is 17.5 Å². The number of rotatable bonds is 4. The molecule has 3 heterocycles. The number of nitrogens with zero attached hydrogens (tertiary/aromatic N) is 3. The third-order valence-electron chi connectivity index (χ3n) is 3.60. The van der Waals surface area contributed by atoms with Crippen molar-refractivity contribution in [3.05, 3.63) is 29.6 Å². The number of fused-ring (bicyclic) bond motifs is 1. The standard InChI is InChI=1S/C17H21N5O.2ClH/c1-17(2,3)6-8-19-16-21-13(15(23)22-16)9-11-10-20-14-12(11)5-4-7-18-14;;/h4-5,7,9-10,23H,6,8H2,1-3H3,(H2,19,21,22);2*1H. The monoisotopic (exact) mass is 383 g/mol.